The van der Waals surface area contributed by atoms with Crippen molar-refractivity contribution < 1.29 is 52.1 Å². The molecule has 0 amide bonds. The zero-order valence-corrected chi connectivity index (χ0v) is 45.2. The SMILES string of the molecule is N=C(O[C@@H]1O[C@H](COCc2ccccc2)[C@@H](O[C@H]2O[C@H](COCc3ccccc3)[C@@H](OCc3ccccc3)[C@H](OCc3ccccc3)[C@H]2OCc2ccccc2)[C@H](OCc2ccccc2)[C@H]1OCc1ccccc1)C(Cl)(Cl)Cl. The molecule has 2 fully saturated rings. The van der Waals surface area contributed by atoms with E-state index < -0.39 is 71.1 Å². The second kappa shape index (κ2) is 29.6. The van der Waals surface area contributed by atoms with Crippen molar-refractivity contribution in [2.24, 2.45) is 0 Å². The van der Waals surface area contributed by atoms with Crippen molar-refractivity contribution in [3.05, 3.63) is 251 Å². The van der Waals surface area contributed by atoms with Gasteiger partial charge in [0.15, 0.2) is 6.29 Å². The Kier molecular flexibility index (Phi) is 21.7. The van der Waals surface area contributed by atoms with Crippen LogP contribution in [0.1, 0.15) is 38.9 Å². The minimum atomic E-state index is -2.24. The summed E-state index contributed by atoms with van der Waals surface area (Å²) in [5, 5.41) is 8.81. The average Bonchev–Trinajstić information content (AvgIpc) is 3.54. The first-order valence-electron chi connectivity index (χ1n) is 26.0. The van der Waals surface area contributed by atoms with Gasteiger partial charge in [0.2, 0.25) is 12.2 Å². The van der Waals surface area contributed by atoms with Gasteiger partial charge in [-0.2, -0.15) is 0 Å². The Bertz CT molecular complexity index is 2790. The zero-order chi connectivity index (χ0) is 53.8. The van der Waals surface area contributed by atoms with Gasteiger partial charge in [0.25, 0.3) is 3.79 Å². The highest BCUT2D eigenvalue weighted by atomic mass is 35.6. The highest BCUT2D eigenvalue weighted by Crippen LogP contribution is 2.38. The molecule has 0 bridgehead atoms. The fraction of sp³-hybridized carbons (Fsp3) is 0.317. The summed E-state index contributed by atoms with van der Waals surface area (Å²) in [6, 6.07) is 68.8. The molecule has 1 N–H and O–H groups in total. The Morgan fingerprint density at radius 1 is 0.346 bits per heavy atom. The summed E-state index contributed by atoms with van der Waals surface area (Å²) in [7, 11) is 0. The van der Waals surface area contributed by atoms with E-state index in [2.05, 4.69) is 0 Å². The van der Waals surface area contributed by atoms with Crippen molar-refractivity contribution in [3.63, 3.8) is 0 Å². The van der Waals surface area contributed by atoms with E-state index in [-0.39, 0.29) is 52.9 Å². The molecule has 7 aromatic carbocycles. The summed E-state index contributed by atoms with van der Waals surface area (Å²) in [4.78, 5) is 0. The topological polar surface area (TPSA) is 125 Å². The van der Waals surface area contributed by atoms with Crippen molar-refractivity contribution in [3.8, 4) is 0 Å². The second-order valence-electron chi connectivity index (χ2n) is 18.9. The standard InChI is InChI=1S/C63H64Cl3NO11/c64-63(65,66)62(67)78-61-59(74-42-51-34-20-7-21-35-51)57(72-40-49-30-16-5-17-31-49)55(53(76-61)44-69-37-46-24-10-2-11-25-46)77-60-58(73-41-50-32-18-6-19-33-50)56(71-39-48-28-14-4-15-29-48)54(70-38-47-26-12-3-13-27-47)52(75-60)43-68-36-45-22-8-1-9-23-45/h1-35,52-61,67H,36-44H2/t52-,53-,54-,55-,56+,57+,58-,59-,60-,61+/m1/s1. The summed E-state index contributed by atoms with van der Waals surface area (Å²) >= 11 is 18.9. The molecular formula is C63H64Cl3NO11. The second-order valence-corrected chi connectivity index (χ2v) is 21.2. The van der Waals surface area contributed by atoms with Gasteiger partial charge < -0.3 is 52.1 Å². The Morgan fingerprint density at radius 2 is 0.615 bits per heavy atom. The molecule has 10 atom stereocenters. The third-order valence-corrected chi connectivity index (χ3v) is 13.7. The predicted octanol–water partition coefficient (Wildman–Crippen LogP) is 12.5. The van der Waals surface area contributed by atoms with Crippen LogP contribution in [0.4, 0.5) is 0 Å². The molecule has 9 rings (SSSR count). The van der Waals surface area contributed by atoms with E-state index in [0.29, 0.717) is 6.61 Å². The highest BCUT2D eigenvalue weighted by Gasteiger charge is 2.55. The largest absolute Gasteiger partial charge is 0.445 e. The fourth-order valence-corrected chi connectivity index (χ4v) is 9.37. The quantitative estimate of drug-likeness (QED) is 0.0316. The number of rotatable bonds is 26. The lowest BCUT2D eigenvalue weighted by molar-refractivity contribution is -0.373. The first kappa shape index (κ1) is 57.2. The molecule has 12 nitrogen and oxygen atoms in total. The van der Waals surface area contributed by atoms with Gasteiger partial charge in [-0.3, -0.25) is 5.41 Å². The molecule has 0 spiro atoms. The molecule has 2 heterocycles. The van der Waals surface area contributed by atoms with Crippen LogP contribution in [0.25, 0.3) is 0 Å². The van der Waals surface area contributed by atoms with Gasteiger partial charge in [-0.25, -0.2) is 0 Å². The van der Waals surface area contributed by atoms with Gasteiger partial charge in [-0.15, -0.1) is 0 Å². The molecule has 0 aromatic heterocycles. The molecular weight excluding hydrogens is 1050 g/mol. The number of alkyl halides is 3. The van der Waals surface area contributed by atoms with Gasteiger partial charge in [-0.1, -0.05) is 247 Å². The van der Waals surface area contributed by atoms with Crippen molar-refractivity contribution in [1.82, 2.24) is 0 Å². The lowest BCUT2D eigenvalue weighted by Crippen LogP contribution is -2.66. The molecule has 0 aliphatic carbocycles. The smallest absolute Gasteiger partial charge is 0.265 e. The minimum Gasteiger partial charge on any atom is -0.445 e. The Balaban J connectivity index is 1.14. The maximum atomic E-state index is 8.81. The minimum absolute atomic E-state index is 0.0558. The summed E-state index contributed by atoms with van der Waals surface area (Å²) in [5.41, 5.74) is 6.45. The van der Waals surface area contributed by atoms with Gasteiger partial charge in [-0.05, 0) is 38.9 Å². The van der Waals surface area contributed by atoms with Crippen molar-refractivity contribution in [2.45, 2.75) is 111 Å². The third-order valence-electron chi connectivity index (χ3n) is 13.2. The predicted molar refractivity (Wildman–Crippen MR) is 299 cm³/mol. The van der Waals surface area contributed by atoms with E-state index in [9.17, 15) is 0 Å². The lowest BCUT2D eigenvalue weighted by Gasteiger charge is -2.50. The van der Waals surface area contributed by atoms with Crippen LogP contribution in [0, 0.1) is 5.41 Å². The molecule has 2 aliphatic rings. The van der Waals surface area contributed by atoms with E-state index in [1.54, 1.807) is 0 Å². The summed E-state index contributed by atoms with van der Waals surface area (Å²) < 4.78 is 73.7. The molecule has 2 saturated heterocycles. The maximum absolute atomic E-state index is 8.81. The van der Waals surface area contributed by atoms with Crippen LogP contribution in [0.15, 0.2) is 212 Å². The number of hydrogen-bond acceptors (Lipinski definition) is 12. The van der Waals surface area contributed by atoms with E-state index in [1.807, 2.05) is 212 Å². The van der Waals surface area contributed by atoms with Gasteiger partial charge in [0.1, 0.15) is 48.8 Å². The number of halogens is 3. The number of benzene rings is 7. The van der Waals surface area contributed by atoms with Crippen LogP contribution in [0.3, 0.4) is 0 Å². The molecule has 2 aliphatic heterocycles. The van der Waals surface area contributed by atoms with Crippen LogP contribution in [0.5, 0.6) is 0 Å². The van der Waals surface area contributed by atoms with Gasteiger partial charge in [0.05, 0.1) is 59.5 Å². The molecule has 408 valence electrons. The van der Waals surface area contributed by atoms with Crippen LogP contribution in [-0.4, -0.2) is 84.3 Å². The highest BCUT2D eigenvalue weighted by molar-refractivity contribution is 6.76. The zero-order valence-electron chi connectivity index (χ0n) is 43.0. The maximum Gasteiger partial charge on any atom is 0.265 e. The molecule has 0 saturated carbocycles. The average molecular weight is 1120 g/mol. The molecule has 7 aromatic rings. The van der Waals surface area contributed by atoms with E-state index >= 15 is 0 Å². The van der Waals surface area contributed by atoms with Gasteiger partial charge >= 0.3 is 0 Å². The Hall–Kier alpha value is -5.52. The van der Waals surface area contributed by atoms with E-state index in [1.165, 1.54) is 0 Å². The summed E-state index contributed by atoms with van der Waals surface area (Å²) in [6.07, 6.45) is -10.1. The van der Waals surface area contributed by atoms with Crippen LogP contribution in [-0.2, 0) is 98.4 Å². The third kappa shape index (κ3) is 17.0. The normalized spacial score (nSPS) is 23.4. The first-order valence-corrected chi connectivity index (χ1v) is 27.2. The van der Waals surface area contributed by atoms with Crippen LogP contribution >= 0.6 is 34.8 Å². The van der Waals surface area contributed by atoms with E-state index in [4.69, 9.17) is 92.3 Å². The number of nitrogens with one attached hydrogen (secondary N) is 1. The lowest BCUT2D eigenvalue weighted by atomic mass is 9.95. The number of ether oxygens (including phenoxy) is 11. The molecule has 78 heavy (non-hydrogen) atoms. The Labute approximate surface area is 471 Å². The molecule has 0 unspecified atom stereocenters. The molecule has 0 radical (unpaired) electrons. The Morgan fingerprint density at radius 3 is 0.962 bits per heavy atom. The first-order chi connectivity index (χ1) is 38.2. The van der Waals surface area contributed by atoms with Crippen LogP contribution in [0.2, 0.25) is 0 Å². The monoisotopic (exact) mass is 1120 g/mol. The van der Waals surface area contributed by atoms with Crippen LogP contribution < -0.4 is 0 Å². The van der Waals surface area contributed by atoms with E-state index in [0.717, 1.165) is 38.9 Å². The summed E-state index contributed by atoms with van der Waals surface area (Å²) in [5.74, 6) is -0.681. The molecule has 15 heteroatoms. The number of hydrogen-bond donors (Lipinski definition) is 1. The van der Waals surface area contributed by atoms with Crippen molar-refractivity contribution in [2.75, 3.05) is 13.2 Å². The summed E-state index contributed by atoms with van der Waals surface area (Å²) in [6.45, 7) is 1.37. The fourth-order valence-electron chi connectivity index (χ4n) is 9.23. The van der Waals surface area contributed by atoms with Crippen molar-refractivity contribution in [1.29, 1.82) is 5.41 Å². The van der Waals surface area contributed by atoms with Gasteiger partial charge in [0, 0.05) is 0 Å². The van der Waals surface area contributed by atoms with Crippen molar-refractivity contribution >= 4 is 40.7 Å².